The average molecular weight is 247 g/mol. The molecule has 1 aliphatic heterocycles. The van der Waals surface area contributed by atoms with Gasteiger partial charge in [0.15, 0.2) is 0 Å². The molecule has 0 aromatic heterocycles. The van der Waals surface area contributed by atoms with E-state index in [1.165, 1.54) is 31.2 Å². The minimum Gasteiger partial charge on any atom is -0.497 e. The minimum atomic E-state index is 0.0512. The zero-order valence-electron chi connectivity index (χ0n) is 10.9. The van der Waals surface area contributed by atoms with Crippen LogP contribution in [0.25, 0.3) is 0 Å². The number of hydrogen-bond donors (Lipinski definition) is 1. The Balaban J connectivity index is 1.69. The monoisotopic (exact) mass is 247 g/mol. The van der Waals surface area contributed by atoms with Gasteiger partial charge in [-0.1, -0.05) is 25.0 Å². The molecule has 1 aromatic rings. The Morgan fingerprint density at radius 3 is 2.72 bits per heavy atom. The van der Waals surface area contributed by atoms with E-state index < -0.39 is 0 Å². The van der Waals surface area contributed by atoms with Crippen molar-refractivity contribution in [3.63, 3.8) is 0 Å². The predicted molar refractivity (Wildman–Crippen MR) is 70.6 cm³/mol. The molecule has 1 aromatic carbocycles. The van der Waals surface area contributed by atoms with Crippen LogP contribution in [-0.4, -0.2) is 19.8 Å². The molecule has 2 aliphatic rings. The van der Waals surface area contributed by atoms with E-state index in [1.54, 1.807) is 7.11 Å². The van der Waals surface area contributed by atoms with Gasteiger partial charge in [-0.3, -0.25) is 5.32 Å². The number of rotatable bonds is 2. The molecule has 3 nitrogen and oxygen atoms in total. The number of nitrogens with one attached hydrogen (secondary N) is 1. The standard InChI is InChI=1S/C15H21NO2/c1-17-13-8-6-11(7-9-13)15-16-10-12-4-2-3-5-14(12)18-15/h6-9,12,14-16H,2-5,10H2,1H3. The highest BCUT2D eigenvalue weighted by Gasteiger charge is 2.33. The molecule has 0 amide bonds. The summed E-state index contributed by atoms with van der Waals surface area (Å²) >= 11 is 0. The molecule has 0 radical (unpaired) electrons. The summed E-state index contributed by atoms with van der Waals surface area (Å²) in [5.74, 6) is 1.61. The number of ether oxygens (including phenoxy) is 2. The van der Waals surface area contributed by atoms with Gasteiger partial charge in [-0.05, 0) is 36.5 Å². The van der Waals surface area contributed by atoms with Crippen molar-refractivity contribution in [3.05, 3.63) is 29.8 Å². The van der Waals surface area contributed by atoms with Gasteiger partial charge in [-0.15, -0.1) is 0 Å². The zero-order chi connectivity index (χ0) is 12.4. The number of benzene rings is 1. The van der Waals surface area contributed by atoms with Crippen LogP contribution in [0.15, 0.2) is 24.3 Å². The lowest BCUT2D eigenvalue weighted by Gasteiger charge is -2.40. The molecule has 1 aliphatic carbocycles. The molecule has 2 fully saturated rings. The zero-order valence-corrected chi connectivity index (χ0v) is 10.9. The molecule has 3 rings (SSSR count). The van der Waals surface area contributed by atoms with Gasteiger partial charge in [0.25, 0.3) is 0 Å². The molecule has 3 heteroatoms. The first-order valence-electron chi connectivity index (χ1n) is 6.89. The van der Waals surface area contributed by atoms with E-state index in [9.17, 15) is 0 Å². The normalized spacial score (nSPS) is 31.7. The second-order valence-electron chi connectivity index (χ2n) is 5.28. The van der Waals surface area contributed by atoms with Crippen LogP contribution in [-0.2, 0) is 4.74 Å². The number of methoxy groups -OCH3 is 1. The van der Waals surface area contributed by atoms with Gasteiger partial charge in [0.1, 0.15) is 12.0 Å². The summed E-state index contributed by atoms with van der Waals surface area (Å²) in [6, 6.07) is 8.15. The summed E-state index contributed by atoms with van der Waals surface area (Å²) in [5, 5.41) is 3.51. The molecule has 1 heterocycles. The lowest BCUT2D eigenvalue weighted by Crippen LogP contribution is -2.45. The van der Waals surface area contributed by atoms with Crippen molar-refractivity contribution in [1.29, 1.82) is 0 Å². The third kappa shape index (κ3) is 2.38. The summed E-state index contributed by atoms with van der Waals surface area (Å²) in [6.07, 6.45) is 5.71. The third-order valence-corrected chi connectivity index (χ3v) is 4.13. The summed E-state index contributed by atoms with van der Waals surface area (Å²) in [4.78, 5) is 0. The van der Waals surface area contributed by atoms with Crippen molar-refractivity contribution in [3.8, 4) is 5.75 Å². The highest BCUT2D eigenvalue weighted by atomic mass is 16.5. The lowest BCUT2D eigenvalue weighted by atomic mass is 9.85. The SMILES string of the molecule is COc1ccc(C2NCC3CCCCC3O2)cc1. The molecule has 1 saturated carbocycles. The Bertz CT molecular complexity index is 390. The molecule has 3 unspecified atom stereocenters. The van der Waals surface area contributed by atoms with Gasteiger partial charge in [0, 0.05) is 6.54 Å². The Morgan fingerprint density at radius 1 is 1.17 bits per heavy atom. The molecule has 1 saturated heterocycles. The third-order valence-electron chi connectivity index (χ3n) is 4.13. The number of hydrogen-bond acceptors (Lipinski definition) is 3. The van der Waals surface area contributed by atoms with Crippen LogP contribution >= 0.6 is 0 Å². The Hall–Kier alpha value is -1.06. The second kappa shape index (κ2) is 5.29. The summed E-state index contributed by atoms with van der Waals surface area (Å²) < 4.78 is 11.4. The first kappa shape index (κ1) is 12.0. The maximum atomic E-state index is 6.20. The van der Waals surface area contributed by atoms with E-state index in [4.69, 9.17) is 9.47 Å². The molecule has 0 spiro atoms. The molecule has 3 atom stereocenters. The Kier molecular flexibility index (Phi) is 3.52. The van der Waals surface area contributed by atoms with Crippen LogP contribution in [0.5, 0.6) is 5.75 Å². The van der Waals surface area contributed by atoms with Crippen LogP contribution in [0, 0.1) is 5.92 Å². The van der Waals surface area contributed by atoms with E-state index in [0.717, 1.165) is 12.3 Å². The highest BCUT2D eigenvalue weighted by molar-refractivity contribution is 5.28. The van der Waals surface area contributed by atoms with Crippen molar-refractivity contribution in [2.45, 2.75) is 38.0 Å². The molecule has 1 N–H and O–H groups in total. The van der Waals surface area contributed by atoms with Crippen molar-refractivity contribution in [2.75, 3.05) is 13.7 Å². The van der Waals surface area contributed by atoms with Gasteiger partial charge < -0.3 is 9.47 Å². The molecule has 18 heavy (non-hydrogen) atoms. The van der Waals surface area contributed by atoms with E-state index >= 15 is 0 Å². The van der Waals surface area contributed by atoms with Gasteiger partial charge in [-0.2, -0.15) is 0 Å². The minimum absolute atomic E-state index is 0.0512. The van der Waals surface area contributed by atoms with E-state index in [2.05, 4.69) is 17.4 Å². The topological polar surface area (TPSA) is 30.5 Å². The molecular weight excluding hydrogens is 226 g/mol. The van der Waals surface area contributed by atoms with Gasteiger partial charge in [-0.25, -0.2) is 0 Å². The first-order chi connectivity index (χ1) is 8.86. The molecule has 98 valence electrons. The van der Waals surface area contributed by atoms with E-state index in [0.29, 0.717) is 12.0 Å². The fourth-order valence-electron chi connectivity index (χ4n) is 3.04. The largest absolute Gasteiger partial charge is 0.497 e. The van der Waals surface area contributed by atoms with Crippen LogP contribution in [0.3, 0.4) is 0 Å². The van der Waals surface area contributed by atoms with Gasteiger partial charge in [0.2, 0.25) is 0 Å². The maximum absolute atomic E-state index is 6.20. The fourth-order valence-corrected chi connectivity index (χ4v) is 3.04. The van der Waals surface area contributed by atoms with Gasteiger partial charge in [0.05, 0.1) is 13.2 Å². The highest BCUT2D eigenvalue weighted by Crippen LogP contribution is 2.34. The van der Waals surface area contributed by atoms with Crippen molar-refractivity contribution < 1.29 is 9.47 Å². The number of fused-ring (bicyclic) bond motifs is 1. The lowest BCUT2D eigenvalue weighted by molar-refractivity contribution is -0.109. The van der Waals surface area contributed by atoms with Gasteiger partial charge >= 0.3 is 0 Å². The van der Waals surface area contributed by atoms with Crippen molar-refractivity contribution in [2.24, 2.45) is 5.92 Å². The van der Waals surface area contributed by atoms with Crippen molar-refractivity contribution in [1.82, 2.24) is 5.32 Å². The average Bonchev–Trinajstić information content (AvgIpc) is 2.47. The summed E-state index contributed by atoms with van der Waals surface area (Å²) in [5.41, 5.74) is 1.19. The quantitative estimate of drug-likeness (QED) is 0.871. The smallest absolute Gasteiger partial charge is 0.134 e. The van der Waals surface area contributed by atoms with Crippen LogP contribution in [0.2, 0.25) is 0 Å². The second-order valence-corrected chi connectivity index (χ2v) is 5.28. The fraction of sp³-hybridized carbons (Fsp3) is 0.600. The van der Waals surface area contributed by atoms with E-state index in [-0.39, 0.29) is 6.23 Å². The first-order valence-corrected chi connectivity index (χ1v) is 6.89. The summed E-state index contributed by atoms with van der Waals surface area (Å²) in [7, 11) is 1.69. The predicted octanol–water partition coefficient (Wildman–Crippen LogP) is 2.87. The Morgan fingerprint density at radius 2 is 1.94 bits per heavy atom. The molecule has 0 bridgehead atoms. The molecular formula is C15H21NO2. The van der Waals surface area contributed by atoms with Crippen LogP contribution in [0.4, 0.5) is 0 Å². The Labute approximate surface area is 108 Å². The van der Waals surface area contributed by atoms with Crippen LogP contribution < -0.4 is 10.1 Å². The maximum Gasteiger partial charge on any atom is 0.134 e. The van der Waals surface area contributed by atoms with Crippen molar-refractivity contribution >= 4 is 0 Å². The summed E-state index contributed by atoms with van der Waals surface area (Å²) in [6.45, 7) is 1.08. The van der Waals surface area contributed by atoms with E-state index in [1.807, 2.05) is 12.1 Å². The van der Waals surface area contributed by atoms with Crippen LogP contribution in [0.1, 0.15) is 37.5 Å².